The zero-order chi connectivity index (χ0) is 14.7. The standard InChI is InChI=1S/C16H20N4O/c1-12-14(19-15-9-16(21)18-11-17-15)7-8-20(12)10-13-5-3-2-4-6-13/h2-6,9,11-12,14H,7-8,10H2,1H3,(H2,17,18,19,21). The van der Waals surface area contributed by atoms with E-state index in [-0.39, 0.29) is 5.56 Å². The maximum atomic E-state index is 11.3. The number of H-pyrrole nitrogens is 1. The monoisotopic (exact) mass is 284 g/mol. The average Bonchev–Trinajstić information content (AvgIpc) is 2.82. The van der Waals surface area contributed by atoms with Crippen molar-refractivity contribution >= 4 is 5.82 Å². The topological polar surface area (TPSA) is 61.0 Å². The molecule has 1 aliphatic heterocycles. The Bertz CT molecular complexity index is 640. The molecule has 0 radical (unpaired) electrons. The van der Waals surface area contributed by atoms with Gasteiger partial charge in [-0.2, -0.15) is 0 Å². The van der Waals surface area contributed by atoms with E-state index in [1.54, 1.807) is 0 Å². The molecule has 2 heterocycles. The summed E-state index contributed by atoms with van der Waals surface area (Å²) in [7, 11) is 0. The van der Waals surface area contributed by atoms with Crippen LogP contribution in [0.1, 0.15) is 18.9 Å². The Balaban J connectivity index is 1.63. The van der Waals surface area contributed by atoms with Crippen LogP contribution in [0.2, 0.25) is 0 Å². The van der Waals surface area contributed by atoms with Gasteiger partial charge in [0.05, 0.1) is 6.33 Å². The lowest BCUT2D eigenvalue weighted by Gasteiger charge is -2.25. The minimum atomic E-state index is -0.126. The quantitative estimate of drug-likeness (QED) is 0.899. The molecule has 2 aromatic rings. The van der Waals surface area contributed by atoms with Crippen molar-refractivity contribution in [3.05, 3.63) is 58.6 Å². The van der Waals surface area contributed by atoms with Crippen LogP contribution in [-0.4, -0.2) is 33.5 Å². The third-order valence-corrected chi connectivity index (χ3v) is 4.13. The molecule has 1 fully saturated rings. The van der Waals surface area contributed by atoms with E-state index in [1.165, 1.54) is 18.0 Å². The molecule has 5 heteroatoms. The minimum Gasteiger partial charge on any atom is -0.366 e. The van der Waals surface area contributed by atoms with Crippen LogP contribution < -0.4 is 10.9 Å². The lowest BCUT2D eigenvalue weighted by molar-refractivity contribution is 0.255. The Labute approximate surface area is 124 Å². The predicted octanol–water partition coefficient (Wildman–Crippen LogP) is 1.84. The molecular formula is C16H20N4O. The van der Waals surface area contributed by atoms with E-state index in [0.29, 0.717) is 17.9 Å². The number of nitrogens with zero attached hydrogens (tertiary/aromatic N) is 2. The summed E-state index contributed by atoms with van der Waals surface area (Å²) in [5, 5.41) is 3.37. The van der Waals surface area contributed by atoms with Crippen molar-refractivity contribution in [1.82, 2.24) is 14.9 Å². The van der Waals surface area contributed by atoms with Gasteiger partial charge in [-0.05, 0) is 18.9 Å². The maximum Gasteiger partial charge on any atom is 0.252 e. The number of hydrogen-bond acceptors (Lipinski definition) is 4. The fourth-order valence-electron chi connectivity index (χ4n) is 2.88. The molecule has 1 aromatic heterocycles. The SMILES string of the molecule is CC1C(Nc2cc(=O)[nH]cn2)CCN1Cc1ccccc1. The Morgan fingerprint density at radius 1 is 1.38 bits per heavy atom. The second-order valence-corrected chi connectivity index (χ2v) is 5.53. The number of likely N-dealkylation sites (tertiary alicyclic amines) is 1. The summed E-state index contributed by atoms with van der Waals surface area (Å²) >= 11 is 0. The third kappa shape index (κ3) is 3.31. The summed E-state index contributed by atoms with van der Waals surface area (Å²) in [6, 6.07) is 12.7. The molecule has 1 aliphatic rings. The fraction of sp³-hybridized carbons (Fsp3) is 0.375. The van der Waals surface area contributed by atoms with E-state index in [1.807, 2.05) is 6.07 Å². The molecular weight excluding hydrogens is 264 g/mol. The molecule has 2 unspecified atom stereocenters. The van der Waals surface area contributed by atoms with Gasteiger partial charge >= 0.3 is 0 Å². The molecule has 3 rings (SSSR count). The first-order valence-corrected chi connectivity index (χ1v) is 7.31. The van der Waals surface area contributed by atoms with Crippen LogP contribution in [0, 0.1) is 0 Å². The first kappa shape index (κ1) is 13.8. The van der Waals surface area contributed by atoms with Crippen molar-refractivity contribution < 1.29 is 0 Å². The van der Waals surface area contributed by atoms with Crippen molar-refractivity contribution in [3.8, 4) is 0 Å². The molecule has 2 atom stereocenters. The maximum absolute atomic E-state index is 11.3. The molecule has 110 valence electrons. The number of hydrogen-bond donors (Lipinski definition) is 2. The molecule has 0 saturated carbocycles. The minimum absolute atomic E-state index is 0.126. The van der Waals surface area contributed by atoms with Gasteiger partial charge < -0.3 is 10.3 Å². The molecule has 0 amide bonds. The summed E-state index contributed by atoms with van der Waals surface area (Å²) < 4.78 is 0. The number of rotatable bonds is 4. The van der Waals surface area contributed by atoms with E-state index in [2.05, 4.69) is 51.4 Å². The number of nitrogens with one attached hydrogen (secondary N) is 2. The van der Waals surface area contributed by atoms with E-state index in [0.717, 1.165) is 19.5 Å². The van der Waals surface area contributed by atoms with E-state index in [9.17, 15) is 4.79 Å². The van der Waals surface area contributed by atoms with E-state index < -0.39 is 0 Å². The molecule has 0 spiro atoms. The highest BCUT2D eigenvalue weighted by Gasteiger charge is 2.30. The Hall–Kier alpha value is -2.14. The van der Waals surface area contributed by atoms with Crippen LogP contribution in [0.3, 0.4) is 0 Å². The second kappa shape index (κ2) is 6.10. The summed E-state index contributed by atoms with van der Waals surface area (Å²) in [6.07, 6.45) is 2.49. The molecule has 0 aliphatic carbocycles. The smallest absolute Gasteiger partial charge is 0.252 e. The highest BCUT2D eigenvalue weighted by molar-refractivity contribution is 5.34. The number of aromatic amines is 1. The molecule has 1 aromatic carbocycles. The van der Waals surface area contributed by atoms with Crippen LogP contribution >= 0.6 is 0 Å². The Morgan fingerprint density at radius 2 is 2.19 bits per heavy atom. The zero-order valence-electron chi connectivity index (χ0n) is 12.1. The van der Waals surface area contributed by atoms with Gasteiger partial charge in [0.2, 0.25) is 0 Å². The Morgan fingerprint density at radius 3 is 2.95 bits per heavy atom. The van der Waals surface area contributed by atoms with Crippen LogP contribution in [0.25, 0.3) is 0 Å². The van der Waals surface area contributed by atoms with Gasteiger partial charge in [-0.25, -0.2) is 4.98 Å². The lowest BCUT2D eigenvalue weighted by Crippen LogP contribution is -2.36. The third-order valence-electron chi connectivity index (χ3n) is 4.13. The van der Waals surface area contributed by atoms with Crippen molar-refractivity contribution in [2.75, 3.05) is 11.9 Å². The first-order chi connectivity index (χ1) is 10.2. The Kier molecular flexibility index (Phi) is 4.01. The van der Waals surface area contributed by atoms with Crippen molar-refractivity contribution in [3.63, 3.8) is 0 Å². The van der Waals surface area contributed by atoms with E-state index in [4.69, 9.17) is 0 Å². The summed E-state index contributed by atoms with van der Waals surface area (Å²) in [6.45, 7) is 4.24. The predicted molar refractivity (Wildman–Crippen MR) is 83.2 cm³/mol. The van der Waals surface area contributed by atoms with Crippen molar-refractivity contribution in [2.45, 2.75) is 32.0 Å². The van der Waals surface area contributed by atoms with Crippen molar-refractivity contribution in [1.29, 1.82) is 0 Å². The largest absolute Gasteiger partial charge is 0.366 e. The summed E-state index contributed by atoms with van der Waals surface area (Å²) in [5.74, 6) is 0.650. The molecule has 5 nitrogen and oxygen atoms in total. The van der Waals surface area contributed by atoms with Crippen LogP contribution in [0.4, 0.5) is 5.82 Å². The van der Waals surface area contributed by atoms with Gasteiger partial charge in [-0.3, -0.25) is 9.69 Å². The van der Waals surface area contributed by atoms with Crippen molar-refractivity contribution in [2.24, 2.45) is 0 Å². The van der Waals surface area contributed by atoms with Gasteiger partial charge in [0.1, 0.15) is 5.82 Å². The highest BCUT2D eigenvalue weighted by atomic mass is 16.1. The number of benzene rings is 1. The van der Waals surface area contributed by atoms with Gasteiger partial charge in [0.15, 0.2) is 0 Å². The fourth-order valence-corrected chi connectivity index (χ4v) is 2.88. The average molecular weight is 284 g/mol. The summed E-state index contributed by atoms with van der Waals surface area (Å²) in [5.41, 5.74) is 1.21. The van der Waals surface area contributed by atoms with Gasteiger partial charge in [-0.15, -0.1) is 0 Å². The van der Waals surface area contributed by atoms with Gasteiger partial charge in [-0.1, -0.05) is 30.3 Å². The highest BCUT2D eigenvalue weighted by Crippen LogP contribution is 2.22. The van der Waals surface area contributed by atoms with Gasteiger partial charge in [0, 0.05) is 31.2 Å². The van der Waals surface area contributed by atoms with Crippen LogP contribution in [0.15, 0.2) is 47.5 Å². The lowest BCUT2D eigenvalue weighted by atomic mass is 10.1. The van der Waals surface area contributed by atoms with Gasteiger partial charge in [0.25, 0.3) is 5.56 Å². The van der Waals surface area contributed by atoms with Crippen LogP contribution in [0.5, 0.6) is 0 Å². The molecule has 1 saturated heterocycles. The molecule has 21 heavy (non-hydrogen) atoms. The molecule has 0 bridgehead atoms. The normalized spacial score (nSPS) is 22.3. The van der Waals surface area contributed by atoms with E-state index >= 15 is 0 Å². The molecule has 2 N–H and O–H groups in total. The summed E-state index contributed by atoms with van der Waals surface area (Å²) in [4.78, 5) is 20.5. The first-order valence-electron chi connectivity index (χ1n) is 7.31. The number of aromatic nitrogens is 2. The van der Waals surface area contributed by atoms with Crippen LogP contribution in [-0.2, 0) is 6.54 Å². The second-order valence-electron chi connectivity index (χ2n) is 5.53. The number of anilines is 1. The zero-order valence-corrected chi connectivity index (χ0v) is 12.1.